The molecule has 2 aromatic heterocycles. The molecule has 1 unspecified atom stereocenters. The number of aromatic nitrogens is 4. The monoisotopic (exact) mass is 332 g/mol. The van der Waals surface area contributed by atoms with Crippen molar-refractivity contribution in [3.63, 3.8) is 0 Å². The fraction of sp³-hybridized carbons (Fsp3) is 0.400. The van der Waals surface area contributed by atoms with Crippen LogP contribution in [0.1, 0.15) is 24.2 Å². The molecule has 16 heavy (non-hydrogen) atoms. The normalized spacial score (nSPS) is 13.0. The Labute approximate surface area is 107 Å². The first-order chi connectivity index (χ1) is 7.61. The summed E-state index contributed by atoms with van der Waals surface area (Å²) in [4.78, 5) is 0. The van der Waals surface area contributed by atoms with E-state index >= 15 is 0 Å². The Balaban J connectivity index is 2.31. The van der Waals surface area contributed by atoms with Gasteiger partial charge in [0.05, 0.1) is 6.20 Å². The number of aliphatic hydroxyl groups excluding tert-OH is 1. The van der Waals surface area contributed by atoms with Crippen molar-refractivity contribution in [3.8, 4) is 0 Å². The third-order valence-corrected chi connectivity index (χ3v) is 3.24. The van der Waals surface area contributed by atoms with Gasteiger partial charge < -0.3 is 5.11 Å². The highest BCUT2D eigenvalue weighted by molar-refractivity contribution is 14.1. The van der Waals surface area contributed by atoms with Crippen LogP contribution in [0.25, 0.3) is 0 Å². The van der Waals surface area contributed by atoms with Crippen LogP contribution in [0.5, 0.6) is 0 Å². The summed E-state index contributed by atoms with van der Waals surface area (Å²) in [6, 6.07) is 0. The van der Waals surface area contributed by atoms with Gasteiger partial charge in [0.25, 0.3) is 0 Å². The van der Waals surface area contributed by atoms with Gasteiger partial charge >= 0.3 is 0 Å². The number of aryl methyl sites for hydroxylation is 2. The van der Waals surface area contributed by atoms with Gasteiger partial charge in [-0.15, -0.1) is 0 Å². The average molecular weight is 332 g/mol. The van der Waals surface area contributed by atoms with Gasteiger partial charge in [0, 0.05) is 37.1 Å². The highest BCUT2D eigenvalue weighted by Crippen LogP contribution is 2.24. The lowest BCUT2D eigenvalue weighted by Gasteiger charge is -2.05. The minimum absolute atomic E-state index is 0.652. The summed E-state index contributed by atoms with van der Waals surface area (Å²) >= 11 is 2.12. The molecule has 6 heteroatoms. The van der Waals surface area contributed by atoms with Crippen molar-refractivity contribution >= 4 is 22.6 Å². The van der Waals surface area contributed by atoms with Crippen molar-refractivity contribution < 1.29 is 5.11 Å². The first kappa shape index (κ1) is 11.6. The minimum Gasteiger partial charge on any atom is -0.383 e. The Hall–Kier alpha value is -0.890. The van der Waals surface area contributed by atoms with E-state index in [1.807, 2.05) is 26.4 Å². The Kier molecular flexibility index (Phi) is 3.29. The first-order valence-electron chi connectivity index (χ1n) is 5.01. The molecule has 0 aromatic carbocycles. The molecule has 0 radical (unpaired) electrons. The summed E-state index contributed by atoms with van der Waals surface area (Å²) < 4.78 is 4.31. The molecule has 0 aliphatic rings. The molecular weight excluding hydrogens is 319 g/mol. The number of aliphatic hydroxyl groups is 1. The lowest BCUT2D eigenvalue weighted by atomic mass is 10.1. The molecule has 0 bridgehead atoms. The lowest BCUT2D eigenvalue weighted by Crippen LogP contribution is -1.99. The number of hydrogen-bond acceptors (Lipinski definition) is 3. The molecule has 1 N–H and O–H groups in total. The molecular formula is C10H13IN4O. The van der Waals surface area contributed by atoms with Gasteiger partial charge in [0.1, 0.15) is 9.80 Å². The zero-order valence-corrected chi connectivity index (χ0v) is 11.3. The van der Waals surface area contributed by atoms with Crippen LogP contribution in [0, 0.1) is 3.70 Å². The van der Waals surface area contributed by atoms with Crippen molar-refractivity contribution in [3.05, 3.63) is 33.4 Å². The molecule has 0 fully saturated rings. The van der Waals surface area contributed by atoms with Crippen molar-refractivity contribution in [2.45, 2.75) is 19.6 Å². The summed E-state index contributed by atoms with van der Waals surface area (Å²) in [6.45, 7) is 2.81. The van der Waals surface area contributed by atoms with Crippen LogP contribution in [0.4, 0.5) is 0 Å². The predicted molar refractivity (Wildman–Crippen MR) is 67.9 cm³/mol. The fourth-order valence-electron chi connectivity index (χ4n) is 1.54. The van der Waals surface area contributed by atoms with Crippen molar-refractivity contribution in [2.24, 2.45) is 7.05 Å². The van der Waals surface area contributed by atoms with Gasteiger partial charge in [-0.1, -0.05) is 0 Å². The van der Waals surface area contributed by atoms with E-state index in [1.54, 1.807) is 15.6 Å². The Bertz CT molecular complexity index is 491. The van der Waals surface area contributed by atoms with Gasteiger partial charge in [-0.25, -0.2) is 0 Å². The van der Waals surface area contributed by atoms with Gasteiger partial charge in [-0.05, 0) is 29.5 Å². The molecule has 0 aliphatic heterocycles. The van der Waals surface area contributed by atoms with Gasteiger partial charge in [0.2, 0.25) is 0 Å². The highest BCUT2D eigenvalue weighted by Gasteiger charge is 2.17. The highest BCUT2D eigenvalue weighted by atomic mass is 127. The number of halogens is 1. The molecule has 86 valence electrons. The maximum Gasteiger partial charge on any atom is 0.129 e. The smallest absolute Gasteiger partial charge is 0.129 e. The van der Waals surface area contributed by atoms with E-state index in [1.165, 1.54) is 0 Å². The summed E-state index contributed by atoms with van der Waals surface area (Å²) in [5.41, 5.74) is 1.62. The minimum atomic E-state index is -0.652. The van der Waals surface area contributed by atoms with E-state index in [0.717, 1.165) is 21.4 Å². The molecule has 0 amide bonds. The van der Waals surface area contributed by atoms with Crippen LogP contribution >= 0.6 is 22.6 Å². The summed E-state index contributed by atoms with van der Waals surface area (Å²) in [6.07, 6.45) is 4.72. The van der Waals surface area contributed by atoms with E-state index in [4.69, 9.17) is 0 Å². The fourth-order valence-corrected chi connectivity index (χ4v) is 2.31. The van der Waals surface area contributed by atoms with E-state index in [0.29, 0.717) is 0 Å². The largest absolute Gasteiger partial charge is 0.383 e. The van der Waals surface area contributed by atoms with Crippen LogP contribution in [0.3, 0.4) is 0 Å². The Morgan fingerprint density at radius 1 is 1.50 bits per heavy atom. The van der Waals surface area contributed by atoms with Gasteiger partial charge in [-0.3, -0.25) is 9.36 Å². The summed E-state index contributed by atoms with van der Waals surface area (Å²) in [5.74, 6) is 0. The van der Waals surface area contributed by atoms with Crippen LogP contribution in [-0.2, 0) is 13.6 Å². The average Bonchev–Trinajstić information content (AvgIpc) is 2.84. The predicted octanol–water partition coefficient (Wildman–Crippen LogP) is 1.32. The second-order valence-electron chi connectivity index (χ2n) is 3.58. The van der Waals surface area contributed by atoms with E-state index in [9.17, 15) is 5.11 Å². The molecule has 0 saturated carbocycles. The molecule has 0 aliphatic carbocycles. The molecule has 0 saturated heterocycles. The van der Waals surface area contributed by atoms with Crippen LogP contribution in [0.2, 0.25) is 0 Å². The standard InChI is InChI=1S/C10H13IN4O/c1-3-15-5-7(4-12-15)9(16)8-6-14(2)13-10(8)11/h4-6,9,16H,3H2,1-2H3. The second-order valence-corrected chi connectivity index (χ2v) is 4.60. The zero-order chi connectivity index (χ0) is 11.7. The van der Waals surface area contributed by atoms with Crippen LogP contribution in [-0.4, -0.2) is 24.7 Å². The van der Waals surface area contributed by atoms with Crippen molar-refractivity contribution in [2.75, 3.05) is 0 Å². The summed E-state index contributed by atoms with van der Waals surface area (Å²) in [7, 11) is 1.84. The van der Waals surface area contributed by atoms with Crippen molar-refractivity contribution in [1.82, 2.24) is 19.6 Å². The first-order valence-corrected chi connectivity index (χ1v) is 6.09. The second kappa shape index (κ2) is 4.54. The maximum atomic E-state index is 10.2. The van der Waals surface area contributed by atoms with Crippen LogP contribution in [0.15, 0.2) is 18.6 Å². The van der Waals surface area contributed by atoms with E-state index < -0.39 is 6.10 Å². The van der Waals surface area contributed by atoms with E-state index in [-0.39, 0.29) is 0 Å². The number of rotatable bonds is 3. The van der Waals surface area contributed by atoms with Crippen molar-refractivity contribution in [1.29, 1.82) is 0 Å². The maximum absolute atomic E-state index is 10.2. The van der Waals surface area contributed by atoms with Crippen LogP contribution < -0.4 is 0 Å². The third-order valence-electron chi connectivity index (χ3n) is 2.40. The molecule has 2 rings (SSSR count). The molecule has 5 nitrogen and oxygen atoms in total. The SMILES string of the molecule is CCn1cc(C(O)c2cn(C)nc2I)cn1. The number of nitrogens with zero attached hydrogens (tertiary/aromatic N) is 4. The summed E-state index contributed by atoms with van der Waals surface area (Å²) in [5, 5.41) is 18.5. The quantitative estimate of drug-likeness (QED) is 0.863. The lowest BCUT2D eigenvalue weighted by molar-refractivity contribution is 0.219. The van der Waals surface area contributed by atoms with E-state index in [2.05, 4.69) is 32.8 Å². The molecule has 2 heterocycles. The Morgan fingerprint density at radius 2 is 2.25 bits per heavy atom. The third kappa shape index (κ3) is 2.12. The zero-order valence-electron chi connectivity index (χ0n) is 9.13. The molecule has 1 atom stereocenters. The number of hydrogen-bond donors (Lipinski definition) is 1. The topological polar surface area (TPSA) is 55.9 Å². The molecule has 2 aromatic rings. The Morgan fingerprint density at radius 3 is 2.75 bits per heavy atom. The van der Waals surface area contributed by atoms with Gasteiger partial charge in [-0.2, -0.15) is 10.2 Å². The van der Waals surface area contributed by atoms with Gasteiger partial charge in [0.15, 0.2) is 0 Å². The molecule has 0 spiro atoms.